The number of carbonyl (C=O) groups is 1. The molecule has 3 heterocycles. The van der Waals surface area contributed by atoms with Crippen molar-refractivity contribution in [1.82, 2.24) is 20.2 Å². The number of carbonyl (C=O) groups excluding carboxylic acids is 1. The van der Waals surface area contributed by atoms with Crippen molar-refractivity contribution in [2.24, 2.45) is 5.92 Å². The van der Waals surface area contributed by atoms with Crippen LogP contribution in [-0.2, 0) is 6.54 Å². The van der Waals surface area contributed by atoms with Gasteiger partial charge in [-0.1, -0.05) is 18.2 Å². The number of hydrogen-bond acceptors (Lipinski definition) is 3. The highest BCUT2D eigenvalue weighted by Gasteiger charge is 2.21. The second-order valence-electron chi connectivity index (χ2n) is 7.06. The molecule has 0 saturated carbocycles. The molecule has 5 heteroatoms. The summed E-state index contributed by atoms with van der Waals surface area (Å²) in [4.78, 5) is 22.4. The molecule has 1 amide bonds. The van der Waals surface area contributed by atoms with E-state index in [0.29, 0.717) is 5.92 Å². The number of pyridine rings is 1. The number of nitrogens with zero attached hydrogens (tertiary/aromatic N) is 2. The van der Waals surface area contributed by atoms with Gasteiger partial charge in [-0.05, 0) is 49.1 Å². The van der Waals surface area contributed by atoms with Crippen LogP contribution in [0.25, 0.3) is 10.9 Å². The predicted molar refractivity (Wildman–Crippen MR) is 103 cm³/mol. The van der Waals surface area contributed by atoms with Crippen LogP contribution in [0.3, 0.4) is 0 Å². The minimum Gasteiger partial charge on any atom is -0.361 e. The van der Waals surface area contributed by atoms with Crippen molar-refractivity contribution in [1.29, 1.82) is 0 Å². The lowest BCUT2D eigenvalue weighted by atomic mass is 9.97. The van der Waals surface area contributed by atoms with Gasteiger partial charge < -0.3 is 10.3 Å². The molecule has 3 aromatic rings. The van der Waals surface area contributed by atoms with Crippen molar-refractivity contribution in [2.75, 3.05) is 19.6 Å². The van der Waals surface area contributed by atoms with Crippen LogP contribution in [-0.4, -0.2) is 40.4 Å². The van der Waals surface area contributed by atoms with E-state index in [4.69, 9.17) is 0 Å². The number of amides is 1. The Kier molecular flexibility index (Phi) is 4.97. The van der Waals surface area contributed by atoms with Gasteiger partial charge in [0, 0.05) is 43.6 Å². The lowest BCUT2D eigenvalue weighted by Gasteiger charge is -2.32. The largest absolute Gasteiger partial charge is 0.361 e. The molecule has 1 aliphatic rings. The van der Waals surface area contributed by atoms with Gasteiger partial charge in [-0.3, -0.25) is 14.7 Å². The molecule has 0 aliphatic carbocycles. The molecule has 0 spiro atoms. The minimum absolute atomic E-state index is 0.00225. The van der Waals surface area contributed by atoms with Crippen molar-refractivity contribution < 1.29 is 4.79 Å². The Morgan fingerprint density at radius 3 is 3.12 bits per heavy atom. The molecule has 134 valence electrons. The average Bonchev–Trinajstić information content (AvgIpc) is 3.16. The van der Waals surface area contributed by atoms with Gasteiger partial charge in [0.25, 0.3) is 5.91 Å². The Bertz CT molecular complexity index is 874. The van der Waals surface area contributed by atoms with Crippen molar-refractivity contribution in [3.8, 4) is 0 Å². The van der Waals surface area contributed by atoms with Crippen LogP contribution in [0.2, 0.25) is 0 Å². The Morgan fingerprint density at radius 2 is 2.23 bits per heavy atom. The number of para-hydroxylation sites is 1. The summed E-state index contributed by atoms with van der Waals surface area (Å²) in [5.41, 5.74) is 2.87. The lowest BCUT2D eigenvalue weighted by molar-refractivity contribution is 0.0932. The zero-order valence-electron chi connectivity index (χ0n) is 14.8. The molecular weight excluding hydrogens is 324 g/mol. The highest BCUT2D eigenvalue weighted by Crippen LogP contribution is 2.19. The molecule has 1 saturated heterocycles. The molecule has 1 aliphatic heterocycles. The van der Waals surface area contributed by atoms with E-state index in [1.165, 1.54) is 12.0 Å². The van der Waals surface area contributed by atoms with E-state index in [1.54, 1.807) is 0 Å². The third kappa shape index (κ3) is 3.78. The van der Waals surface area contributed by atoms with E-state index in [9.17, 15) is 4.79 Å². The lowest BCUT2D eigenvalue weighted by Crippen LogP contribution is -2.40. The number of aromatic amines is 1. The van der Waals surface area contributed by atoms with Gasteiger partial charge in [-0.2, -0.15) is 0 Å². The summed E-state index contributed by atoms with van der Waals surface area (Å²) in [7, 11) is 0. The maximum absolute atomic E-state index is 12.6. The molecule has 4 rings (SSSR count). The molecule has 2 N–H and O–H groups in total. The van der Waals surface area contributed by atoms with Gasteiger partial charge >= 0.3 is 0 Å². The van der Waals surface area contributed by atoms with Crippen LogP contribution in [0.1, 0.15) is 28.8 Å². The molecule has 1 atom stereocenters. The van der Waals surface area contributed by atoms with Crippen LogP contribution in [0, 0.1) is 5.92 Å². The first-order valence-corrected chi connectivity index (χ1v) is 9.25. The number of likely N-dealkylation sites (tertiary alicyclic amines) is 1. The number of benzene rings is 1. The third-order valence-corrected chi connectivity index (χ3v) is 5.12. The Labute approximate surface area is 153 Å². The van der Waals surface area contributed by atoms with Gasteiger partial charge in [-0.15, -0.1) is 0 Å². The molecule has 2 aromatic heterocycles. The van der Waals surface area contributed by atoms with E-state index in [2.05, 4.69) is 26.3 Å². The van der Waals surface area contributed by atoms with Crippen molar-refractivity contribution in [3.63, 3.8) is 0 Å². The van der Waals surface area contributed by atoms with Crippen molar-refractivity contribution in [2.45, 2.75) is 19.4 Å². The fourth-order valence-electron chi connectivity index (χ4n) is 3.82. The molecule has 5 nitrogen and oxygen atoms in total. The molecular formula is C21H24N4O. The third-order valence-electron chi connectivity index (χ3n) is 5.12. The summed E-state index contributed by atoms with van der Waals surface area (Å²) in [6, 6.07) is 11.9. The number of hydrogen-bond donors (Lipinski definition) is 2. The monoisotopic (exact) mass is 348 g/mol. The fraction of sp³-hybridized carbons (Fsp3) is 0.333. The van der Waals surface area contributed by atoms with Gasteiger partial charge in [0.2, 0.25) is 0 Å². The van der Waals surface area contributed by atoms with Gasteiger partial charge in [0.1, 0.15) is 0 Å². The zero-order valence-corrected chi connectivity index (χ0v) is 14.8. The average molecular weight is 348 g/mol. The summed E-state index contributed by atoms with van der Waals surface area (Å²) in [5.74, 6) is 0.495. The second kappa shape index (κ2) is 7.70. The standard InChI is InChI=1S/C21H24N4O/c26-21(19-7-1-6-18-8-10-23-20(18)19)24-13-17-5-3-11-25(15-17)14-16-4-2-9-22-12-16/h1-2,4,6-10,12,17,23H,3,5,11,13-15H2,(H,24,26)/t17-/m1/s1. The number of aromatic nitrogens is 2. The SMILES string of the molecule is O=C(NC[C@H]1CCCN(Cc2cccnc2)C1)c1cccc2cc[nH]c12. The van der Waals surface area contributed by atoms with E-state index >= 15 is 0 Å². The zero-order chi connectivity index (χ0) is 17.8. The quantitative estimate of drug-likeness (QED) is 0.744. The van der Waals surface area contributed by atoms with Crippen molar-refractivity contribution >= 4 is 16.8 Å². The smallest absolute Gasteiger partial charge is 0.253 e. The maximum Gasteiger partial charge on any atom is 0.253 e. The second-order valence-corrected chi connectivity index (χ2v) is 7.06. The van der Waals surface area contributed by atoms with Crippen LogP contribution in [0.5, 0.6) is 0 Å². The van der Waals surface area contributed by atoms with E-state index in [-0.39, 0.29) is 5.91 Å². The molecule has 26 heavy (non-hydrogen) atoms. The van der Waals surface area contributed by atoms with Crippen LogP contribution in [0.4, 0.5) is 0 Å². The predicted octanol–water partition coefficient (Wildman–Crippen LogP) is 3.20. The van der Waals surface area contributed by atoms with Crippen LogP contribution in [0.15, 0.2) is 55.0 Å². The number of nitrogens with one attached hydrogen (secondary N) is 2. The highest BCUT2D eigenvalue weighted by molar-refractivity contribution is 6.05. The molecule has 1 fully saturated rings. The first-order chi connectivity index (χ1) is 12.8. The molecule has 1 aromatic carbocycles. The first-order valence-electron chi connectivity index (χ1n) is 9.25. The van der Waals surface area contributed by atoms with Gasteiger partial charge in [-0.25, -0.2) is 0 Å². The summed E-state index contributed by atoms with van der Waals surface area (Å²) in [5, 5.41) is 4.20. The molecule has 0 unspecified atom stereocenters. The van der Waals surface area contributed by atoms with Crippen LogP contribution < -0.4 is 5.32 Å². The fourth-order valence-corrected chi connectivity index (χ4v) is 3.82. The molecule has 0 radical (unpaired) electrons. The first kappa shape index (κ1) is 16.8. The van der Waals surface area contributed by atoms with E-state index in [0.717, 1.165) is 49.1 Å². The highest BCUT2D eigenvalue weighted by atomic mass is 16.1. The Morgan fingerprint density at radius 1 is 1.27 bits per heavy atom. The topological polar surface area (TPSA) is 61.0 Å². The van der Waals surface area contributed by atoms with Crippen molar-refractivity contribution in [3.05, 3.63) is 66.1 Å². The van der Waals surface area contributed by atoms with E-state index in [1.807, 2.05) is 48.9 Å². The minimum atomic E-state index is 0.00225. The van der Waals surface area contributed by atoms with Gasteiger partial charge in [0.05, 0.1) is 11.1 Å². The normalized spacial score (nSPS) is 18.1. The summed E-state index contributed by atoms with van der Waals surface area (Å²) in [6.45, 7) is 3.78. The maximum atomic E-state index is 12.6. The number of rotatable bonds is 5. The number of piperidine rings is 1. The van der Waals surface area contributed by atoms with Gasteiger partial charge in [0.15, 0.2) is 0 Å². The summed E-state index contributed by atoms with van der Waals surface area (Å²) < 4.78 is 0. The Balaban J connectivity index is 1.34. The number of H-pyrrole nitrogens is 1. The Hall–Kier alpha value is -2.66. The summed E-state index contributed by atoms with van der Waals surface area (Å²) in [6.07, 6.45) is 7.95. The summed E-state index contributed by atoms with van der Waals surface area (Å²) >= 11 is 0. The van der Waals surface area contributed by atoms with E-state index < -0.39 is 0 Å². The van der Waals surface area contributed by atoms with Crippen LogP contribution >= 0.6 is 0 Å². The molecule has 0 bridgehead atoms. The number of fused-ring (bicyclic) bond motifs is 1.